The molecule has 2 amide bonds. The van der Waals surface area contributed by atoms with Gasteiger partial charge in [-0.05, 0) is 24.8 Å². The average Bonchev–Trinajstić information content (AvgIpc) is 2.46. The van der Waals surface area contributed by atoms with Crippen molar-refractivity contribution in [2.24, 2.45) is 11.7 Å². The summed E-state index contributed by atoms with van der Waals surface area (Å²) in [5.41, 5.74) is 6.33. The summed E-state index contributed by atoms with van der Waals surface area (Å²) >= 11 is 0. The number of rotatable bonds is 8. The fourth-order valence-electron chi connectivity index (χ4n) is 2.84. The Kier molecular flexibility index (Phi) is 7.23. The van der Waals surface area contributed by atoms with E-state index in [4.69, 9.17) is 5.73 Å². The van der Waals surface area contributed by atoms with E-state index in [0.717, 1.165) is 12.0 Å². The van der Waals surface area contributed by atoms with Gasteiger partial charge in [-0.2, -0.15) is 0 Å². The molecule has 0 radical (unpaired) electrons. The summed E-state index contributed by atoms with van der Waals surface area (Å²) in [6.45, 7) is 8.00. The van der Waals surface area contributed by atoms with Crippen molar-refractivity contribution < 1.29 is 9.59 Å². The molecule has 2 atom stereocenters. The van der Waals surface area contributed by atoms with E-state index in [2.05, 4.69) is 24.5 Å². The summed E-state index contributed by atoms with van der Waals surface area (Å²) in [7, 11) is 0. The number of nitrogens with two attached hydrogens (primary N) is 1. The molecule has 0 spiro atoms. The van der Waals surface area contributed by atoms with Gasteiger partial charge in [0.2, 0.25) is 11.8 Å². The predicted molar refractivity (Wildman–Crippen MR) is 92.7 cm³/mol. The van der Waals surface area contributed by atoms with Gasteiger partial charge in [0, 0.05) is 19.0 Å². The molecule has 128 valence electrons. The second-order valence-electron chi connectivity index (χ2n) is 6.78. The molecule has 0 aromatic heterocycles. The fourth-order valence-corrected chi connectivity index (χ4v) is 2.84. The van der Waals surface area contributed by atoms with Gasteiger partial charge < -0.3 is 16.4 Å². The first kappa shape index (κ1) is 19.2. The van der Waals surface area contributed by atoms with Gasteiger partial charge in [0.05, 0.1) is 12.5 Å². The van der Waals surface area contributed by atoms with Gasteiger partial charge in [-0.1, -0.05) is 44.2 Å². The SMILES string of the molecule is CC(=O)NC(CC(=O)NC(C)(CN)CC(C)C)c1ccccc1. The lowest BCUT2D eigenvalue weighted by Gasteiger charge is -2.32. The quantitative estimate of drug-likeness (QED) is 0.686. The van der Waals surface area contributed by atoms with Crippen molar-refractivity contribution in [3.8, 4) is 0 Å². The van der Waals surface area contributed by atoms with Gasteiger partial charge in [0.1, 0.15) is 0 Å². The van der Waals surface area contributed by atoms with Crippen molar-refractivity contribution >= 4 is 11.8 Å². The Morgan fingerprint density at radius 3 is 2.30 bits per heavy atom. The minimum Gasteiger partial charge on any atom is -0.350 e. The van der Waals surface area contributed by atoms with Crippen LogP contribution in [0.25, 0.3) is 0 Å². The van der Waals surface area contributed by atoms with Crippen molar-refractivity contribution in [2.45, 2.75) is 52.1 Å². The van der Waals surface area contributed by atoms with Crippen LogP contribution in [0.3, 0.4) is 0 Å². The standard InChI is InChI=1S/C18H29N3O2/c1-13(2)11-18(4,12-19)21-17(23)10-16(20-14(3)22)15-8-6-5-7-9-15/h5-9,13,16H,10-12,19H2,1-4H3,(H,20,22)(H,21,23). The largest absolute Gasteiger partial charge is 0.350 e. The number of carbonyl (C=O) groups excluding carboxylic acids is 2. The minimum atomic E-state index is -0.428. The molecule has 0 saturated carbocycles. The maximum atomic E-state index is 12.4. The zero-order valence-corrected chi connectivity index (χ0v) is 14.6. The minimum absolute atomic E-state index is 0.110. The summed E-state index contributed by atoms with van der Waals surface area (Å²) in [6.07, 6.45) is 1.00. The topological polar surface area (TPSA) is 84.2 Å². The molecule has 0 bridgehead atoms. The van der Waals surface area contributed by atoms with Gasteiger partial charge in [0.15, 0.2) is 0 Å². The van der Waals surface area contributed by atoms with Gasteiger partial charge in [0.25, 0.3) is 0 Å². The smallest absolute Gasteiger partial charge is 0.222 e. The van der Waals surface area contributed by atoms with E-state index in [-0.39, 0.29) is 24.3 Å². The molecule has 5 heteroatoms. The fraction of sp³-hybridized carbons (Fsp3) is 0.556. The van der Waals surface area contributed by atoms with Crippen LogP contribution in [0.2, 0.25) is 0 Å². The van der Waals surface area contributed by atoms with E-state index in [9.17, 15) is 9.59 Å². The Hall–Kier alpha value is -1.88. The molecule has 4 N–H and O–H groups in total. The van der Waals surface area contributed by atoms with Gasteiger partial charge >= 0.3 is 0 Å². The van der Waals surface area contributed by atoms with Crippen LogP contribution in [0.15, 0.2) is 30.3 Å². The number of amides is 2. The Balaban J connectivity index is 2.79. The highest BCUT2D eigenvalue weighted by molar-refractivity contribution is 5.79. The highest BCUT2D eigenvalue weighted by Crippen LogP contribution is 2.19. The molecule has 0 fully saturated rings. The summed E-state index contributed by atoms with van der Waals surface area (Å²) in [5, 5.41) is 5.87. The van der Waals surface area contributed by atoms with Crippen LogP contribution in [-0.2, 0) is 9.59 Å². The monoisotopic (exact) mass is 319 g/mol. The number of nitrogens with one attached hydrogen (secondary N) is 2. The zero-order chi connectivity index (χ0) is 17.5. The Morgan fingerprint density at radius 1 is 1.22 bits per heavy atom. The number of carbonyl (C=O) groups is 2. The molecule has 0 heterocycles. The second-order valence-corrected chi connectivity index (χ2v) is 6.78. The van der Waals surface area contributed by atoms with Crippen LogP contribution in [0.1, 0.15) is 52.1 Å². The third kappa shape index (κ3) is 6.82. The molecule has 1 aromatic carbocycles. The molecule has 2 unspecified atom stereocenters. The highest BCUT2D eigenvalue weighted by atomic mass is 16.2. The van der Waals surface area contributed by atoms with Crippen molar-refractivity contribution in [1.82, 2.24) is 10.6 Å². The lowest BCUT2D eigenvalue weighted by molar-refractivity contribution is -0.124. The molecular formula is C18H29N3O2. The lowest BCUT2D eigenvalue weighted by Crippen LogP contribution is -2.52. The highest BCUT2D eigenvalue weighted by Gasteiger charge is 2.27. The van der Waals surface area contributed by atoms with Crippen molar-refractivity contribution in [2.75, 3.05) is 6.54 Å². The van der Waals surface area contributed by atoms with Gasteiger partial charge in [-0.25, -0.2) is 0 Å². The average molecular weight is 319 g/mol. The van der Waals surface area contributed by atoms with Crippen molar-refractivity contribution in [1.29, 1.82) is 0 Å². The van der Waals surface area contributed by atoms with E-state index in [0.29, 0.717) is 12.5 Å². The van der Waals surface area contributed by atoms with E-state index >= 15 is 0 Å². The van der Waals surface area contributed by atoms with E-state index in [1.165, 1.54) is 6.92 Å². The summed E-state index contributed by atoms with van der Waals surface area (Å²) < 4.78 is 0. The van der Waals surface area contributed by atoms with Crippen LogP contribution in [0.5, 0.6) is 0 Å². The van der Waals surface area contributed by atoms with Gasteiger partial charge in [-0.15, -0.1) is 0 Å². The maximum Gasteiger partial charge on any atom is 0.222 e. The second kappa shape index (κ2) is 8.67. The van der Waals surface area contributed by atoms with Crippen LogP contribution < -0.4 is 16.4 Å². The van der Waals surface area contributed by atoms with Crippen molar-refractivity contribution in [3.05, 3.63) is 35.9 Å². The third-order valence-corrected chi connectivity index (χ3v) is 3.72. The van der Waals surface area contributed by atoms with Gasteiger partial charge in [-0.3, -0.25) is 9.59 Å². The molecular weight excluding hydrogens is 290 g/mol. The Morgan fingerprint density at radius 2 is 1.83 bits per heavy atom. The van der Waals surface area contributed by atoms with Crippen LogP contribution in [-0.4, -0.2) is 23.9 Å². The van der Waals surface area contributed by atoms with Crippen LogP contribution in [0.4, 0.5) is 0 Å². The molecule has 1 rings (SSSR count). The summed E-state index contributed by atoms with van der Waals surface area (Å²) in [4.78, 5) is 23.9. The first-order valence-corrected chi connectivity index (χ1v) is 8.09. The first-order valence-electron chi connectivity index (χ1n) is 8.09. The van der Waals surface area contributed by atoms with E-state index in [1.54, 1.807) is 0 Å². The molecule has 0 aliphatic carbocycles. The number of hydrogen-bond acceptors (Lipinski definition) is 3. The van der Waals surface area contributed by atoms with E-state index in [1.807, 2.05) is 37.3 Å². The predicted octanol–water partition coefficient (Wildman–Crippen LogP) is 2.13. The van der Waals surface area contributed by atoms with E-state index < -0.39 is 5.54 Å². The molecule has 5 nitrogen and oxygen atoms in total. The summed E-state index contributed by atoms with van der Waals surface area (Å²) in [5.74, 6) is 0.167. The zero-order valence-electron chi connectivity index (χ0n) is 14.6. The van der Waals surface area contributed by atoms with Crippen LogP contribution >= 0.6 is 0 Å². The molecule has 0 aliphatic rings. The third-order valence-electron chi connectivity index (χ3n) is 3.72. The Bertz CT molecular complexity index is 516. The number of hydrogen-bond donors (Lipinski definition) is 3. The maximum absolute atomic E-state index is 12.4. The molecule has 1 aromatic rings. The molecule has 23 heavy (non-hydrogen) atoms. The summed E-state index contributed by atoms with van der Waals surface area (Å²) in [6, 6.07) is 9.17. The molecule has 0 saturated heterocycles. The lowest BCUT2D eigenvalue weighted by atomic mass is 9.90. The normalized spacial score (nSPS) is 14.9. The van der Waals surface area contributed by atoms with Crippen LogP contribution in [0, 0.1) is 5.92 Å². The molecule has 0 aliphatic heterocycles. The van der Waals surface area contributed by atoms with Crippen molar-refractivity contribution in [3.63, 3.8) is 0 Å². The first-order chi connectivity index (χ1) is 10.8. The number of benzene rings is 1. The Labute approximate surface area is 139 Å².